The third kappa shape index (κ3) is 8.02. The molecule has 0 spiro atoms. The summed E-state index contributed by atoms with van der Waals surface area (Å²) >= 11 is 0. The summed E-state index contributed by atoms with van der Waals surface area (Å²) in [6.07, 6.45) is 0.404. The van der Waals surface area contributed by atoms with Gasteiger partial charge in [-0.2, -0.15) is 0 Å². The van der Waals surface area contributed by atoms with Gasteiger partial charge in [-0.3, -0.25) is 9.59 Å². The van der Waals surface area contributed by atoms with Crippen molar-refractivity contribution in [3.05, 3.63) is 29.8 Å². The van der Waals surface area contributed by atoms with E-state index in [4.69, 9.17) is 4.74 Å². The highest BCUT2D eigenvalue weighted by atomic mass is 16.5. The number of rotatable bonds is 7. The van der Waals surface area contributed by atoms with Crippen LogP contribution in [0.15, 0.2) is 24.3 Å². The SMILES string of the molecule is CC(C)CCOc1ccc(C(NC(=O)C(C)(C)C)NC(=O)C(C)(C)C)cc1. The largest absolute Gasteiger partial charge is 0.494 e. The third-order valence-electron chi connectivity index (χ3n) is 4.09. The van der Waals surface area contributed by atoms with E-state index < -0.39 is 17.0 Å². The Hall–Kier alpha value is -2.04. The van der Waals surface area contributed by atoms with Crippen LogP contribution < -0.4 is 15.4 Å². The van der Waals surface area contributed by atoms with Crippen LogP contribution in [-0.4, -0.2) is 18.4 Å². The maximum Gasteiger partial charge on any atom is 0.227 e. The molecule has 0 atom stereocenters. The number of amides is 2. The predicted octanol–water partition coefficient (Wildman–Crippen LogP) is 4.43. The average Bonchev–Trinajstić information content (AvgIpc) is 2.52. The lowest BCUT2D eigenvalue weighted by atomic mass is 9.94. The fraction of sp³-hybridized carbons (Fsp3) is 0.636. The van der Waals surface area contributed by atoms with Gasteiger partial charge >= 0.3 is 0 Å². The molecule has 0 aromatic heterocycles. The first-order valence-electron chi connectivity index (χ1n) is 9.65. The van der Waals surface area contributed by atoms with E-state index in [9.17, 15) is 9.59 Å². The molecule has 0 aliphatic heterocycles. The molecule has 1 aromatic rings. The quantitative estimate of drug-likeness (QED) is 0.692. The summed E-state index contributed by atoms with van der Waals surface area (Å²) in [7, 11) is 0. The number of benzene rings is 1. The summed E-state index contributed by atoms with van der Waals surface area (Å²) in [5.74, 6) is 1.12. The highest BCUT2D eigenvalue weighted by Crippen LogP contribution is 2.22. The molecule has 152 valence electrons. The lowest BCUT2D eigenvalue weighted by Gasteiger charge is -2.28. The van der Waals surface area contributed by atoms with E-state index in [-0.39, 0.29) is 11.8 Å². The lowest BCUT2D eigenvalue weighted by Crippen LogP contribution is -2.47. The zero-order valence-corrected chi connectivity index (χ0v) is 18.1. The van der Waals surface area contributed by atoms with Crippen molar-refractivity contribution >= 4 is 11.8 Å². The Morgan fingerprint density at radius 1 is 0.889 bits per heavy atom. The summed E-state index contributed by atoms with van der Waals surface area (Å²) < 4.78 is 5.75. The van der Waals surface area contributed by atoms with Crippen molar-refractivity contribution in [2.45, 2.75) is 68.0 Å². The Morgan fingerprint density at radius 2 is 1.33 bits per heavy atom. The number of ether oxygens (including phenoxy) is 1. The molecule has 0 aliphatic carbocycles. The van der Waals surface area contributed by atoms with Crippen LogP contribution in [0.1, 0.15) is 73.5 Å². The zero-order chi connectivity index (χ0) is 20.8. The van der Waals surface area contributed by atoms with Crippen molar-refractivity contribution in [2.24, 2.45) is 16.7 Å². The maximum atomic E-state index is 12.5. The Morgan fingerprint density at radius 3 is 1.70 bits per heavy atom. The summed E-state index contributed by atoms with van der Waals surface area (Å²) in [4.78, 5) is 24.9. The summed E-state index contributed by atoms with van der Waals surface area (Å²) in [6.45, 7) is 16.1. The average molecular weight is 377 g/mol. The minimum Gasteiger partial charge on any atom is -0.494 e. The smallest absolute Gasteiger partial charge is 0.227 e. The number of nitrogens with one attached hydrogen (secondary N) is 2. The van der Waals surface area contributed by atoms with E-state index in [0.29, 0.717) is 12.5 Å². The van der Waals surface area contributed by atoms with Crippen LogP contribution >= 0.6 is 0 Å². The summed E-state index contributed by atoms with van der Waals surface area (Å²) in [6, 6.07) is 7.49. The monoisotopic (exact) mass is 376 g/mol. The molecule has 0 fully saturated rings. The molecule has 0 saturated carbocycles. The highest BCUT2D eigenvalue weighted by molar-refractivity contribution is 5.84. The van der Waals surface area contributed by atoms with Crippen molar-refractivity contribution in [2.75, 3.05) is 6.61 Å². The molecule has 0 aliphatic rings. The minimum absolute atomic E-state index is 0.126. The fourth-order valence-corrected chi connectivity index (χ4v) is 2.07. The fourth-order valence-electron chi connectivity index (χ4n) is 2.07. The molecule has 27 heavy (non-hydrogen) atoms. The van der Waals surface area contributed by atoms with Crippen molar-refractivity contribution in [1.82, 2.24) is 10.6 Å². The second-order valence-corrected chi connectivity index (χ2v) is 9.48. The van der Waals surface area contributed by atoms with Gasteiger partial charge < -0.3 is 15.4 Å². The van der Waals surface area contributed by atoms with E-state index in [1.165, 1.54) is 0 Å². The topological polar surface area (TPSA) is 67.4 Å². The second kappa shape index (κ2) is 9.25. The van der Waals surface area contributed by atoms with Crippen LogP contribution in [0.2, 0.25) is 0 Å². The molecule has 5 heteroatoms. The minimum atomic E-state index is -0.590. The standard InChI is InChI=1S/C22H36N2O3/c1-15(2)13-14-27-17-11-9-16(10-12-17)18(23-19(25)21(3,4)5)24-20(26)22(6,7)8/h9-12,15,18H,13-14H2,1-8H3,(H,23,25)(H,24,26). The van der Waals surface area contributed by atoms with Gasteiger partial charge in [-0.25, -0.2) is 0 Å². The molecule has 1 aromatic carbocycles. The van der Waals surface area contributed by atoms with Crippen LogP contribution in [0.3, 0.4) is 0 Å². The van der Waals surface area contributed by atoms with Gasteiger partial charge in [-0.1, -0.05) is 67.5 Å². The number of hydrogen-bond acceptors (Lipinski definition) is 3. The van der Waals surface area contributed by atoms with E-state index in [2.05, 4.69) is 24.5 Å². The van der Waals surface area contributed by atoms with Gasteiger partial charge in [0.1, 0.15) is 11.9 Å². The van der Waals surface area contributed by atoms with Crippen LogP contribution in [0, 0.1) is 16.7 Å². The van der Waals surface area contributed by atoms with Crippen LogP contribution in [0.4, 0.5) is 0 Å². The van der Waals surface area contributed by atoms with Gasteiger partial charge in [0.2, 0.25) is 11.8 Å². The molecule has 2 amide bonds. The van der Waals surface area contributed by atoms with Crippen molar-refractivity contribution in [3.63, 3.8) is 0 Å². The Kier molecular flexibility index (Phi) is 7.88. The molecular formula is C22H36N2O3. The molecule has 2 N–H and O–H groups in total. The van der Waals surface area contributed by atoms with E-state index in [0.717, 1.165) is 17.7 Å². The zero-order valence-electron chi connectivity index (χ0n) is 18.1. The second-order valence-electron chi connectivity index (χ2n) is 9.48. The van der Waals surface area contributed by atoms with Crippen LogP contribution in [-0.2, 0) is 9.59 Å². The molecule has 0 radical (unpaired) electrons. The van der Waals surface area contributed by atoms with Crippen LogP contribution in [0.5, 0.6) is 5.75 Å². The van der Waals surface area contributed by atoms with Crippen LogP contribution in [0.25, 0.3) is 0 Å². The van der Waals surface area contributed by atoms with Gasteiger partial charge in [-0.05, 0) is 30.0 Å². The third-order valence-corrected chi connectivity index (χ3v) is 4.09. The molecule has 1 rings (SSSR count). The molecular weight excluding hydrogens is 340 g/mol. The van der Waals surface area contributed by atoms with Crippen molar-refractivity contribution < 1.29 is 14.3 Å². The Balaban J connectivity index is 2.94. The number of carbonyl (C=O) groups is 2. The van der Waals surface area contributed by atoms with Gasteiger partial charge in [0.25, 0.3) is 0 Å². The normalized spacial score (nSPS) is 12.2. The molecule has 5 nitrogen and oxygen atoms in total. The van der Waals surface area contributed by atoms with Gasteiger partial charge in [0.15, 0.2) is 0 Å². The lowest BCUT2D eigenvalue weighted by molar-refractivity contribution is -0.132. The highest BCUT2D eigenvalue weighted by Gasteiger charge is 2.29. The maximum absolute atomic E-state index is 12.5. The first-order valence-corrected chi connectivity index (χ1v) is 9.65. The molecule has 0 bridgehead atoms. The number of hydrogen-bond donors (Lipinski definition) is 2. The van der Waals surface area contributed by atoms with E-state index in [1.807, 2.05) is 65.8 Å². The molecule has 0 unspecified atom stereocenters. The first kappa shape index (κ1) is 23.0. The summed E-state index contributed by atoms with van der Waals surface area (Å²) in [5.41, 5.74) is -0.295. The first-order chi connectivity index (χ1) is 12.3. The van der Waals surface area contributed by atoms with Gasteiger partial charge in [0.05, 0.1) is 6.61 Å². The number of carbonyl (C=O) groups excluding carboxylic acids is 2. The molecule has 0 heterocycles. The summed E-state index contributed by atoms with van der Waals surface area (Å²) in [5, 5.41) is 5.88. The van der Waals surface area contributed by atoms with Gasteiger partial charge in [-0.15, -0.1) is 0 Å². The van der Waals surface area contributed by atoms with E-state index >= 15 is 0 Å². The Labute approximate surface area is 164 Å². The molecule has 0 saturated heterocycles. The van der Waals surface area contributed by atoms with Crippen molar-refractivity contribution in [3.8, 4) is 5.75 Å². The predicted molar refractivity (Wildman–Crippen MR) is 109 cm³/mol. The Bertz CT molecular complexity index is 594. The van der Waals surface area contributed by atoms with E-state index in [1.54, 1.807) is 0 Å². The van der Waals surface area contributed by atoms with Crippen molar-refractivity contribution in [1.29, 1.82) is 0 Å². The van der Waals surface area contributed by atoms with Gasteiger partial charge in [0, 0.05) is 10.8 Å².